The van der Waals surface area contributed by atoms with Crippen molar-refractivity contribution in [1.29, 1.82) is 0 Å². The van der Waals surface area contributed by atoms with Gasteiger partial charge in [0.05, 0.1) is 18.1 Å². The van der Waals surface area contributed by atoms with Crippen LogP contribution < -0.4 is 4.74 Å². The maximum atomic E-state index is 13.6. The lowest BCUT2D eigenvalue weighted by Crippen LogP contribution is -2.46. The predicted molar refractivity (Wildman–Crippen MR) is 173 cm³/mol. The van der Waals surface area contributed by atoms with Gasteiger partial charge < -0.3 is 19.4 Å². The number of nitrogens with zero attached hydrogens (tertiary/aromatic N) is 5. The monoisotopic (exact) mass is 647 g/mol. The van der Waals surface area contributed by atoms with Crippen molar-refractivity contribution < 1.29 is 14.3 Å². The van der Waals surface area contributed by atoms with Crippen LogP contribution in [0.15, 0.2) is 73.3 Å². The fourth-order valence-electron chi connectivity index (χ4n) is 6.85. The van der Waals surface area contributed by atoms with Gasteiger partial charge in [-0.15, -0.1) is 37.2 Å². The lowest BCUT2D eigenvalue weighted by molar-refractivity contribution is -0.139. The zero-order valence-electron chi connectivity index (χ0n) is 24.3. The lowest BCUT2D eigenvalue weighted by Gasteiger charge is -2.39. The number of aromatic nitrogens is 2. The second-order valence-corrected chi connectivity index (χ2v) is 11.5. The van der Waals surface area contributed by atoms with Crippen LogP contribution in [0.3, 0.4) is 0 Å². The number of methoxy groups -OCH3 is 1. The summed E-state index contributed by atoms with van der Waals surface area (Å²) in [6.07, 6.45) is 7.39. The minimum absolute atomic E-state index is 0. The van der Waals surface area contributed by atoms with E-state index in [0.29, 0.717) is 37.0 Å². The van der Waals surface area contributed by atoms with Gasteiger partial charge in [0.1, 0.15) is 12.1 Å². The summed E-state index contributed by atoms with van der Waals surface area (Å²) in [6.45, 7) is 5.65. The van der Waals surface area contributed by atoms with Gasteiger partial charge in [0, 0.05) is 51.0 Å². The van der Waals surface area contributed by atoms with Crippen molar-refractivity contribution in [2.24, 2.45) is 11.3 Å². The normalized spacial score (nSPS) is 21.1. The molecule has 3 aliphatic rings. The molecule has 232 valence electrons. The molecule has 0 aliphatic carbocycles. The molecular formula is C32H40Cl3N5O3. The SMILES string of the molecule is COc1ccc(CN2CCC3(CCN(CC4CN(C(=O)c5cncnc5)CC4c4ccccc4)CC3)C2=O)cc1.Cl.Cl.Cl. The highest BCUT2D eigenvalue weighted by Crippen LogP contribution is 2.43. The predicted octanol–water partition coefficient (Wildman–Crippen LogP) is 5.12. The van der Waals surface area contributed by atoms with Crippen molar-refractivity contribution in [3.8, 4) is 5.75 Å². The zero-order valence-corrected chi connectivity index (χ0v) is 26.8. The number of likely N-dealkylation sites (tertiary alicyclic amines) is 3. The van der Waals surface area contributed by atoms with E-state index in [0.717, 1.165) is 56.8 Å². The molecule has 1 spiro atoms. The Balaban J connectivity index is 0.00000169. The molecule has 0 N–H and O–H groups in total. The fourth-order valence-corrected chi connectivity index (χ4v) is 6.85. The molecule has 0 radical (unpaired) electrons. The largest absolute Gasteiger partial charge is 0.497 e. The molecule has 3 fully saturated rings. The third kappa shape index (κ3) is 7.43. The quantitative estimate of drug-likeness (QED) is 0.354. The van der Waals surface area contributed by atoms with Crippen molar-refractivity contribution >= 4 is 49.0 Å². The van der Waals surface area contributed by atoms with Gasteiger partial charge in [0.2, 0.25) is 5.91 Å². The number of carbonyl (C=O) groups is 2. The van der Waals surface area contributed by atoms with Gasteiger partial charge in [-0.05, 0) is 61.5 Å². The molecule has 3 saturated heterocycles. The zero-order chi connectivity index (χ0) is 27.5. The van der Waals surface area contributed by atoms with Crippen LogP contribution in [0.5, 0.6) is 5.75 Å². The Morgan fingerprint density at radius 1 is 0.907 bits per heavy atom. The Labute approximate surface area is 272 Å². The molecule has 2 atom stereocenters. The van der Waals surface area contributed by atoms with Crippen LogP contribution in [0.1, 0.15) is 46.7 Å². The molecule has 0 bridgehead atoms. The number of piperidine rings is 1. The van der Waals surface area contributed by atoms with Gasteiger partial charge in [0.25, 0.3) is 5.91 Å². The highest BCUT2D eigenvalue weighted by molar-refractivity contribution is 5.93. The van der Waals surface area contributed by atoms with E-state index in [2.05, 4.69) is 39.1 Å². The average Bonchev–Trinajstić information content (AvgIpc) is 3.56. The average molecular weight is 649 g/mol. The van der Waals surface area contributed by atoms with E-state index in [-0.39, 0.29) is 54.5 Å². The molecule has 3 aliphatic heterocycles. The van der Waals surface area contributed by atoms with Crippen LogP contribution in [0, 0.1) is 11.3 Å². The highest BCUT2D eigenvalue weighted by atomic mass is 35.5. The van der Waals surface area contributed by atoms with Crippen molar-refractivity contribution in [1.82, 2.24) is 24.7 Å². The van der Waals surface area contributed by atoms with Gasteiger partial charge in [0.15, 0.2) is 0 Å². The van der Waals surface area contributed by atoms with E-state index in [1.54, 1.807) is 19.5 Å². The Kier molecular flexibility index (Phi) is 12.2. The van der Waals surface area contributed by atoms with E-state index in [9.17, 15) is 9.59 Å². The third-order valence-corrected chi connectivity index (χ3v) is 9.20. The molecule has 1 aromatic heterocycles. The summed E-state index contributed by atoms with van der Waals surface area (Å²) in [5.74, 6) is 1.75. The summed E-state index contributed by atoms with van der Waals surface area (Å²) in [5, 5.41) is 0. The molecule has 2 aromatic carbocycles. The van der Waals surface area contributed by atoms with Crippen molar-refractivity contribution in [2.45, 2.75) is 31.7 Å². The van der Waals surface area contributed by atoms with E-state index in [1.807, 2.05) is 40.1 Å². The Morgan fingerprint density at radius 2 is 1.56 bits per heavy atom. The molecule has 4 heterocycles. The number of ether oxygens (including phenoxy) is 1. The number of rotatable bonds is 7. The van der Waals surface area contributed by atoms with E-state index < -0.39 is 0 Å². The maximum Gasteiger partial charge on any atom is 0.257 e. The van der Waals surface area contributed by atoms with Gasteiger partial charge >= 0.3 is 0 Å². The number of hydrogen-bond donors (Lipinski definition) is 0. The van der Waals surface area contributed by atoms with E-state index in [1.165, 1.54) is 11.9 Å². The standard InChI is InChI=1S/C32H37N5O3.3ClH/c1-40-28-9-7-24(8-10-28)19-36-16-13-32(31(36)39)11-14-35(15-12-32)20-27-21-37(30(38)26-17-33-23-34-18-26)22-29(27)25-5-3-2-4-6-25;;;/h2-10,17-18,23,27,29H,11-16,19-22H2,1H3;3*1H. The van der Waals surface area contributed by atoms with Crippen molar-refractivity contribution in [3.63, 3.8) is 0 Å². The lowest BCUT2D eigenvalue weighted by atomic mass is 9.76. The number of hydrogen-bond acceptors (Lipinski definition) is 6. The third-order valence-electron chi connectivity index (χ3n) is 9.20. The van der Waals surface area contributed by atoms with Crippen LogP contribution in [0.4, 0.5) is 0 Å². The van der Waals surface area contributed by atoms with E-state index >= 15 is 0 Å². The molecular weight excluding hydrogens is 609 g/mol. The summed E-state index contributed by atoms with van der Waals surface area (Å²) in [5.41, 5.74) is 2.72. The van der Waals surface area contributed by atoms with Crippen LogP contribution in [0.2, 0.25) is 0 Å². The fraction of sp³-hybridized carbons (Fsp3) is 0.438. The molecule has 11 heteroatoms. The van der Waals surface area contributed by atoms with Gasteiger partial charge in [-0.1, -0.05) is 42.5 Å². The minimum atomic E-state index is -0.229. The Morgan fingerprint density at radius 3 is 2.21 bits per heavy atom. The molecule has 2 unspecified atom stereocenters. The molecule has 43 heavy (non-hydrogen) atoms. The summed E-state index contributed by atoms with van der Waals surface area (Å²) >= 11 is 0. The van der Waals surface area contributed by atoms with Gasteiger partial charge in [-0.25, -0.2) is 9.97 Å². The molecule has 3 aromatic rings. The summed E-state index contributed by atoms with van der Waals surface area (Å²) in [7, 11) is 1.67. The van der Waals surface area contributed by atoms with Crippen LogP contribution in [0.25, 0.3) is 0 Å². The molecule has 6 rings (SSSR count). The summed E-state index contributed by atoms with van der Waals surface area (Å²) < 4.78 is 5.27. The topological polar surface area (TPSA) is 78.9 Å². The summed E-state index contributed by atoms with van der Waals surface area (Å²) in [4.78, 5) is 41.4. The number of amides is 2. The number of carbonyl (C=O) groups excluding carboxylic acids is 2. The second kappa shape index (κ2) is 15.2. The van der Waals surface area contributed by atoms with E-state index in [4.69, 9.17) is 4.74 Å². The van der Waals surface area contributed by atoms with Gasteiger partial charge in [-0.2, -0.15) is 0 Å². The maximum absolute atomic E-state index is 13.6. The number of halogens is 3. The highest BCUT2D eigenvalue weighted by Gasteiger charge is 2.48. The second-order valence-electron chi connectivity index (χ2n) is 11.5. The smallest absolute Gasteiger partial charge is 0.257 e. The molecule has 0 saturated carbocycles. The Bertz CT molecular complexity index is 1330. The number of benzene rings is 2. The first-order chi connectivity index (χ1) is 19.5. The van der Waals surface area contributed by atoms with Crippen LogP contribution in [-0.2, 0) is 11.3 Å². The van der Waals surface area contributed by atoms with Gasteiger partial charge in [-0.3, -0.25) is 9.59 Å². The first-order valence-corrected chi connectivity index (χ1v) is 14.3. The first kappa shape index (κ1) is 34.6. The van der Waals surface area contributed by atoms with Crippen molar-refractivity contribution in [3.05, 3.63) is 90.0 Å². The Hall–Kier alpha value is -2.91. The molecule has 8 nitrogen and oxygen atoms in total. The molecule has 2 amide bonds. The van der Waals surface area contributed by atoms with Crippen molar-refractivity contribution in [2.75, 3.05) is 46.4 Å². The first-order valence-electron chi connectivity index (χ1n) is 14.3. The summed E-state index contributed by atoms with van der Waals surface area (Å²) in [6, 6.07) is 18.6. The van der Waals surface area contributed by atoms with Crippen LogP contribution in [-0.4, -0.2) is 82.9 Å². The van der Waals surface area contributed by atoms with Crippen LogP contribution >= 0.6 is 37.2 Å². The minimum Gasteiger partial charge on any atom is -0.497 e.